The Morgan fingerprint density at radius 3 is 2.33 bits per heavy atom. The van der Waals surface area contributed by atoms with E-state index >= 15 is 0 Å². The van der Waals surface area contributed by atoms with Gasteiger partial charge in [0.2, 0.25) is 0 Å². The fourth-order valence-corrected chi connectivity index (χ4v) is 2.95. The molecule has 0 unspecified atom stereocenters. The standard InChI is InChI=1S/C12H15Br2N3O/c1-7(2)16-17-11(18)6-15-12-9(13)4-8(3)5-10(12)14/h4-5,15H,6H2,1-3H3,(H,17,18). The third-order valence-corrected chi connectivity index (χ3v) is 3.27. The van der Waals surface area contributed by atoms with Crippen molar-refractivity contribution in [2.24, 2.45) is 5.10 Å². The molecule has 0 saturated heterocycles. The summed E-state index contributed by atoms with van der Waals surface area (Å²) in [4.78, 5) is 11.5. The number of nitrogens with one attached hydrogen (secondary N) is 2. The van der Waals surface area contributed by atoms with E-state index in [1.807, 2.05) is 32.9 Å². The van der Waals surface area contributed by atoms with Crippen molar-refractivity contribution in [2.75, 3.05) is 11.9 Å². The van der Waals surface area contributed by atoms with Gasteiger partial charge in [0.1, 0.15) is 0 Å². The lowest BCUT2D eigenvalue weighted by atomic mass is 10.2. The van der Waals surface area contributed by atoms with Crippen LogP contribution in [-0.2, 0) is 4.79 Å². The van der Waals surface area contributed by atoms with E-state index in [1.165, 1.54) is 0 Å². The molecule has 1 rings (SSSR count). The second-order valence-corrected chi connectivity index (χ2v) is 5.76. The van der Waals surface area contributed by atoms with E-state index in [1.54, 1.807) is 0 Å². The number of amides is 1. The van der Waals surface area contributed by atoms with Gasteiger partial charge in [-0.2, -0.15) is 5.10 Å². The van der Waals surface area contributed by atoms with Crippen LogP contribution in [0.3, 0.4) is 0 Å². The van der Waals surface area contributed by atoms with Crippen LogP contribution in [0.15, 0.2) is 26.2 Å². The molecule has 98 valence electrons. The molecule has 1 aromatic rings. The normalized spacial score (nSPS) is 9.83. The summed E-state index contributed by atoms with van der Waals surface area (Å²) >= 11 is 6.92. The van der Waals surface area contributed by atoms with Gasteiger partial charge in [0, 0.05) is 14.7 Å². The van der Waals surface area contributed by atoms with Crippen LogP contribution in [0.5, 0.6) is 0 Å². The van der Waals surface area contributed by atoms with Gasteiger partial charge in [-0.05, 0) is 70.3 Å². The number of nitrogens with zero attached hydrogens (tertiary/aromatic N) is 1. The third kappa shape index (κ3) is 4.78. The smallest absolute Gasteiger partial charge is 0.259 e. The molecule has 1 amide bonds. The van der Waals surface area contributed by atoms with Gasteiger partial charge < -0.3 is 5.32 Å². The van der Waals surface area contributed by atoms with Crippen molar-refractivity contribution in [3.63, 3.8) is 0 Å². The summed E-state index contributed by atoms with van der Waals surface area (Å²) in [5.74, 6) is -0.185. The Balaban J connectivity index is 2.64. The van der Waals surface area contributed by atoms with Crippen molar-refractivity contribution in [1.82, 2.24) is 5.43 Å². The molecule has 0 bridgehead atoms. The topological polar surface area (TPSA) is 53.5 Å². The van der Waals surface area contributed by atoms with Crippen LogP contribution in [0, 0.1) is 6.92 Å². The number of carbonyl (C=O) groups excluding carboxylic acids is 1. The SMILES string of the molecule is CC(C)=NNC(=O)CNc1c(Br)cc(C)cc1Br. The van der Waals surface area contributed by atoms with Crippen molar-refractivity contribution in [2.45, 2.75) is 20.8 Å². The van der Waals surface area contributed by atoms with Crippen LogP contribution in [0.2, 0.25) is 0 Å². The van der Waals surface area contributed by atoms with Crippen LogP contribution in [0.25, 0.3) is 0 Å². The number of rotatable bonds is 4. The maximum atomic E-state index is 11.5. The predicted molar refractivity (Wildman–Crippen MR) is 82.0 cm³/mol. The number of carbonyl (C=O) groups is 1. The van der Waals surface area contributed by atoms with Gasteiger partial charge in [-0.25, -0.2) is 5.43 Å². The molecule has 6 heteroatoms. The number of hydrogen-bond donors (Lipinski definition) is 2. The van der Waals surface area contributed by atoms with Gasteiger partial charge in [0.05, 0.1) is 12.2 Å². The number of halogens is 2. The molecule has 1 aromatic carbocycles. The lowest BCUT2D eigenvalue weighted by molar-refractivity contribution is -0.119. The van der Waals surface area contributed by atoms with E-state index in [-0.39, 0.29) is 12.5 Å². The predicted octanol–water partition coefficient (Wildman–Crippen LogP) is 3.44. The fraction of sp³-hybridized carbons (Fsp3) is 0.333. The van der Waals surface area contributed by atoms with Crippen LogP contribution >= 0.6 is 31.9 Å². The van der Waals surface area contributed by atoms with E-state index in [0.29, 0.717) is 0 Å². The maximum absolute atomic E-state index is 11.5. The van der Waals surface area contributed by atoms with Gasteiger partial charge in [-0.3, -0.25) is 4.79 Å². The molecule has 0 aliphatic rings. The zero-order valence-electron chi connectivity index (χ0n) is 10.5. The quantitative estimate of drug-likeness (QED) is 0.624. The first-order valence-electron chi connectivity index (χ1n) is 5.39. The first-order valence-corrected chi connectivity index (χ1v) is 6.98. The molecule has 0 aromatic heterocycles. The average Bonchev–Trinajstić information content (AvgIpc) is 2.24. The summed E-state index contributed by atoms with van der Waals surface area (Å²) in [7, 11) is 0. The van der Waals surface area contributed by atoms with E-state index < -0.39 is 0 Å². The number of aryl methyl sites for hydroxylation is 1. The minimum Gasteiger partial charge on any atom is -0.374 e. The molecule has 0 radical (unpaired) electrons. The number of benzene rings is 1. The highest BCUT2D eigenvalue weighted by Crippen LogP contribution is 2.31. The molecule has 0 aliphatic heterocycles. The Morgan fingerprint density at radius 2 is 1.83 bits per heavy atom. The first-order chi connectivity index (χ1) is 8.40. The molecule has 0 heterocycles. The van der Waals surface area contributed by atoms with Gasteiger partial charge >= 0.3 is 0 Å². The molecule has 18 heavy (non-hydrogen) atoms. The van der Waals surface area contributed by atoms with Crippen molar-refractivity contribution in [3.8, 4) is 0 Å². The molecule has 0 saturated carbocycles. The molecular formula is C12H15Br2N3O. The summed E-state index contributed by atoms with van der Waals surface area (Å²) in [6.45, 7) is 5.81. The lowest BCUT2D eigenvalue weighted by Crippen LogP contribution is -2.26. The van der Waals surface area contributed by atoms with Gasteiger partial charge in [-0.1, -0.05) is 0 Å². The summed E-state index contributed by atoms with van der Waals surface area (Å²) in [6, 6.07) is 3.97. The molecule has 0 aliphatic carbocycles. The van der Waals surface area contributed by atoms with Crippen molar-refractivity contribution < 1.29 is 4.79 Å². The first kappa shape index (κ1) is 15.2. The highest BCUT2D eigenvalue weighted by molar-refractivity contribution is 9.11. The average molecular weight is 377 g/mol. The highest BCUT2D eigenvalue weighted by Gasteiger charge is 2.07. The number of hydrogen-bond acceptors (Lipinski definition) is 3. The second-order valence-electron chi connectivity index (χ2n) is 4.05. The highest BCUT2D eigenvalue weighted by atomic mass is 79.9. The summed E-state index contributed by atoms with van der Waals surface area (Å²) in [6.07, 6.45) is 0. The molecule has 0 atom stereocenters. The molecule has 2 N–H and O–H groups in total. The largest absolute Gasteiger partial charge is 0.374 e. The fourth-order valence-electron chi connectivity index (χ4n) is 1.25. The second kappa shape index (κ2) is 6.89. The van der Waals surface area contributed by atoms with Gasteiger partial charge in [-0.15, -0.1) is 0 Å². The number of anilines is 1. The van der Waals surface area contributed by atoms with E-state index in [4.69, 9.17) is 0 Å². The minimum atomic E-state index is -0.185. The van der Waals surface area contributed by atoms with Crippen LogP contribution < -0.4 is 10.7 Å². The monoisotopic (exact) mass is 375 g/mol. The molecular weight excluding hydrogens is 362 g/mol. The maximum Gasteiger partial charge on any atom is 0.259 e. The molecule has 0 fully saturated rings. The van der Waals surface area contributed by atoms with Crippen molar-refractivity contribution in [1.29, 1.82) is 0 Å². The summed E-state index contributed by atoms with van der Waals surface area (Å²) in [5.41, 5.74) is 5.25. The van der Waals surface area contributed by atoms with Crippen molar-refractivity contribution in [3.05, 3.63) is 26.6 Å². The van der Waals surface area contributed by atoms with Crippen LogP contribution in [0.4, 0.5) is 5.69 Å². The van der Waals surface area contributed by atoms with E-state index in [0.717, 1.165) is 25.9 Å². The Bertz CT molecular complexity index is 459. The van der Waals surface area contributed by atoms with Gasteiger partial charge in [0.25, 0.3) is 5.91 Å². The molecule has 4 nitrogen and oxygen atoms in total. The lowest BCUT2D eigenvalue weighted by Gasteiger charge is -2.11. The Morgan fingerprint density at radius 1 is 1.28 bits per heavy atom. The summed E-state index contributed by atoms with van der Waals surface area (Å²) in [5, 5.41) is 6.91. The van der Waals surface area contributed by atoms with Crippen LogP contribution in [0.1, 0.15) is 19.4 Å². The minimum absolute atomic E-state index is 0.164. The van der Waals surface area contributed by atoms with Crippen molar-refractivity contribution >= 4 is 49.2 Å². The third-order valence-electron chi connectivity index (χ3n) is 2.02. The zero-order chi connectivity index (χ0) is 13.7. The summed E-state index contributed by atoms with van der Waals surface area (Å²) < 4.78 is 1.83. The Labute approximate surface area is 123 Å². The zero-order valence-corrected chi connectivity index (χ0v) is 13.6. The van der Waals surface area contributed by atoms with E-state index in [9.17, 15) is 4.79 Å². The number of hydrazone groups is 1. The Hall–Kier alpha value is -0.880. The van der Waals surface area contributed by atoms with Gasteiger partial charge in [0.15, 0.2) is 0 Å². The van der Waals surface area contributed by atoms with E-state index in [2.05, 4.69) is 47.7 Å². The van der Waals surface area contributed by atoms with Crippen LogP contribution in [-0.4, -0.2) is 18.2 Å². The molecule has 0 spiro atoms. The Kier molecular flexibility index (Phi) is 5.81.